The summed E-state index contributed by atoms with van der Waals surface area (Å²) < 4.78 is 28.0. The summed E-state index contributed by atoms with van der Waals surface area (Å²) in [5.41, 5.74) is 3.07. The van der Waals surface area contributed by atoms with Gasteiger partial charge in [-0.2, -0.15) is 0 Å². The van der Waals surface area contributed by atoms with Crippen molar-refractivity contribution in [3.8, 4) is 16.9 Å². The van der Waals surface area contributed by atoms with Gasteiger partial charge in [0.2, 0.25) is 0 Å². The first-order chi connectivity index (χ1) is 8.91. The molecule has 0 saturated heterocycles. The quantitative estimate of drug-likeness (QED) is 0.865. The molecule has 2 rings (SSSR count). The fourth-order valence-electron chi connectivity index (χ4n) is 1.95. The Balaban J connectivity index is 2.40. The Labute approximate surface area is 113 Å². The molecule has 0 unspecified atom stereocenters. The molecule has 0 radical (unpaired) electrons. The van der Waals surface area contributed by atoms with Crippen LogP contribution in [0.25, 0.3) is 11.1 Å². The van der Waals surface area contributed by atoms with Gasteiger partial charge in [-0.3, -0.25) is 0 Å². The third-order valence-corrected chi connectivity index (χ3v) is 4.14. The number of benzene rings is 2. The van der Waals surface area contributed by atoms with E-state index in [1.165, 1.54) is 6.26 Å². The molecule has 0 amide bonds. The molecule has 0 bridgehead atoms. The van der Waals surface area contributed by atoms with E-state index in [1.54, 1.807) is 19.2 Å². The molecule has 19 heavy (non-hydrogen) atoms. The van der Waals surface area contributed by atoms with Crippen LogP contribution >= 0.6 is 0 Å². The molecule has 0 aliphatic heterocycles. The summed E-state index contributed by atoms with van der Waals surface area (Å²) in [6.45, 7) is 1.98. The van der Waals surface area contributed by atoms with Crippen molar-refractivity contribution in [3.63, 3.8) is 0 Å². The molecular weight excluding hydrogens is 260 g/mol. The molecule has 100 valence electrons. The Morgan fingerprint density at radius 2 is 1.53 bits per heavy atom. The van der Waals surface area contributed by atoms with E-state index in [1.807, 2.05) is 37.3 Å². The van der Waals surface area contributed by atoms with Crippen LogP contribution in [0, 0.1) is 6.92 Å². The zero-order chi connectivity index (χ0) is 14.0. The first-order valence-electron chi connectivity index (χ1n) is 5.87. The number of hydrogen-bond acceptors (Lipinski definition) is 3. The largest absolute Gasteiger partial charge is 0.496 e. The molecule has 2 aromatic rings. The number of sulfone groups is 1. The second-order valence-electron chi connectivity index (χ2n) is 4.48. The average Bonchev–Trinajstić information content (AvgIpc) is 2.38. The molecule has 0 aliphatic rings. The van der Waals surface area contributed by atoms with E-state index in [9.17, 15) is 8.42 Å². The van der Waals surface area contributed by atoms with Gasteiger partial charge in [-0.25, -0.2) is 8.42 Å². The van der Waals surface area contributed by atoms with Gasteiger partial charge in [0.1, 0.15) is 5.75 Å². The van der Waals surface area contributed by atoms with Gasteiger partial charge in [-0.1, -0.05) is 18.2 Å². The maximum Gasteiger partial charge on any atom is 0.175 e. The van der Waals surface area contributed by atoms with Gasteiger partial charge in [-0.05, 0) is 47.9 Å². The molecule has 0 aromatic heterocycles. The number of ether oxygens (including phenoxy) is 1. The van der Waals surface area contributed by atoms with E-state index in [0.717, 1.165) is 22.4 Å². The molecule has 0 heterocycles. The lowest BCUT2D eigenvalue weighted by Gasteiger charge is -2.08. The van der Waals surface area contributed by atoms with Crippen LogP contribution < -0.4 is 4.74 Å². The van der Waals surface area contributed by atoms with Gasteiger partial charge >= 0.3 is 0 Å². The molecular formula is C15H16O3S. The summed E-state index contributed by atoms with van der Waals surface area (Å²) >= 11 is 0. The van der Waals surface area contributed by atoms with Crippen molar-refractivity contribution in [1.82, 2.24) is 0 Å². The van der Waals surface area contributed by atoms with Gasteiger partial charge in [0.25, 0.3) is 0 Å². The lowest BCUT2D eigenvalue weighted by atomic mass is 10.0. The van der Waals surface area contributed by atoms with Crippen molar-refractivity contribution < 1.29 is 13.2 Å². The molecule has 0 aliphatic carbocycles. The van der Waals surface area contributed by atoms with E-state index in [4.69, 9.17) is 4.74 Å². The third kappa shape index (κ3) is 2.96. The highest BCUT2D eigenvalue weighted by Crippen LogP contribution is 2.26. The second kappa shape index (κ2) is 5.05. The topological polar surface area (TPSA) is 43.4 Å². The highest BCUT2D eigenvalue weighted by molar-refractivity contribution is 7.90. The second-order valence-corrected chi connectivity index (χ2v) is 6.50. The minimum absolute atomic E-state index is 0.335. The number of methoxy groups -OCH3 is 1. The van der Waals surface area contributed by atoms with Crippen molar-refractivity contribution in [2.75, 3.05) is 13.4 Å². The van der Waals surface area contributed by atoms with E-state index < -0.39 is 9.84 Å². The third-order valence-electron chi connectivity index (χ3n) is 3.01. The molecule has 0 N–H and O–H groups in total. The molecule has 0 fully saturated rings. The number of rotatable bonds is 3. The van der Waals surface area contributed by atoms with Crippen LogP contribution in [0.15, 0.2) is 47.4 Å². The summed E-state index contributed by atoms with van der Waals surface area (Å²) in [4.78, 5) is 0.335. The van der Waals surface area contributed by atoms with Gasteiger partial charge in [0, 0.05) is 6.26 Å². The molecule has 2 aromatic carbocycles. The average molecular weight is 276 g/mol. The van der Waals surface area contributed by atoms with Gasteiger partial charge in [0.15, 0.2) is 9.84 Å². The van der Waals surface area contributed by atoms with Crippen molar-refractivity contribution in [2.24, 2.45) is 0 Å². The van der Waals surface area contributed by atoms with Gasteiger partial charge in [-0.15, -0.1) is 0 Å². The molecule has 3 nitrogen and oxygen atoms in total. The zero-order valence-electron chi connectivity index (χ0n) is 11.2. The van der Waals surface area contributed by atoms with Crippen LogP contribution in [0.3, 0.4) is 0 Å². The van der Waals surface area contributed by atoms with Crippen LogP contribution in [0.5, 0.6) is 5.75 Å². The molecule has 0 saturated carbocycles. The Kier molecular flexibility index (Phi) is 3.62. The Bertz CT molecular complexity index is 686. The maximum atomic E-state index is 11.4. The van der Waals surface area contributed by atoms with E-state index in [0.29, 0.717) is 4.90 Å². The summed E-state index contributed by atoms with van der Waals surface area (Å²) in [6.07, 6.45) is 1.21. The Hall–Kier alpha value is -1.81. The number of hydrogen-bond donors (Lipinski definition) is 0. The maximum absolute atomic E-state index is 11.4. The summed E-state index contributed by atoms with van der Waals surface area (Å²) in [5.74, 6) is 0.844. The van der Waals surface area contributed by atoms with Gasteiger partial charge < -0.3 is 4.74 Å². The van der Waals surface area contributed by atoms with Crippen LogP contribution in [0.4, 0.5) is 0 Å². The van der Waals surface area contributed by atoms with Crippen molar-refractivity contribution in [3.05, 3.63) is 48.0 Å². The first kappa shape index (κ1) is 13.6. The van der Waals surface area contributed by atoms with Crippen LogP contribution in [-0.2, 0) is 9.84 Å². The fraction of sp³-hybridized carbons (Fsp3) is 0.200. The molecule has 0 atom stereocenters. The van der Waals surface area contributed by atoms with Crippen molar-refractivity contribution in [2.45, 2.75) is 11.8 Å². The minimum atomic E-state index is -3.14. The predicted octanol–water partition coefficient (Wildman–Crippen LogP) is 3.07. The normalized spacial score (nSPS) is 11.3. The lowest BCUT2D eigenvalue weighted by molar-refractivity contribution is 0.412. The van der Waals surface area contributed by atoms with Gasteiger partial charge in [0.05, 0.1) is 12.0 Å². The van der Waals surface area contributed by atoms with E-state index in [-0.39, 0.29) is 0 Å². The summed E-state index contributed by atoms with van der Waals surface area (Å²) in [5, 5.41) is 0. The summed E-state index contributed by atoms with van der Waals surface area (Å²) in [6, 6.07) is 12.8. The molecule has 4 heteroatoms. The van der Waals surface area contributed by atoms with Crippen LogP contribution in [0.1, 0.15) is 5.56 Å². The molecule has 0 spiro atoms. The standard InChI is InChI=1S/C15H16O3S/c1-11-10-13(6-9-15(11)18-2)12-4-7-14(8-5-12)19(3,16)17/h4-10H,1-3H3. The summed E-state index contributed by atoms with van der Waals surface area (Å²) in [7, 11) is -1.50. The minimum Gasteiger partial charge on any atom is -0.496 e. The Morgan fingerprint density at radius 1 is 0.947 bits per heavy atom. The fourth-order valence-corrected chi connectivity index (χ4v) is 2.58. The van der Waals surface area contributed by atoms with Crippen LogP contribution in [-0.4, -0.2) is 21.8 Å². The smallest absolute Gasteiger partial charge is 0.175 e. The zero-order valence-corrected chi connectivity index (χ0v) is 12.0. The van der Waals surface area contributed by atoms with E-state index in [2.05, 4.69) is 0 Å². The SMILES string of the molecule is COc1ccc(-c2ccc(S(C)(=O)=O)cc2)cc1C. The van der Waals surface area contributed by atoms with E-state index >= 15 is 0 Å². The highest BCUT2D eigenvalue weighted by Gasteiger charge is 2.07. The van der Waals surface area contributed by atoms with Crippen molar-refractivity contribution in [1.29, 1.82) is 0 Å². The first-order valence-corrected chi connectivity index (χ1v) is 7.76. The highest BCUT2D eigenvalue weighted by atomic mass is 32.2. The number of aryl methyl sites for hydroxylation is 1. The lowest BCUT2D eigenvalue weighted by Crippen LogP contribution is -1.96. The van der Waals surface area contributed by atoms with Crippen LogP contribution in [0.2, 0.25) is 0 Å². The Morgan fingerprint density at radius 3 is 2.00 bits per heavy atom. The predicted molar refractivity (Wildman–Crippen MR) is 76.3 cm³/mol. The monoisotopic (exact) mass is 276 g/mol. The van der Waals surface area contributed by atoms with Crippen molar-refractivity contribution >= 4 is 9.84 Å².